The average Bonchev–Trinajstić information content (AvgIpc) is 2.68. The number of amides is 1. The first-order valence-corrected chi connectivity index (χ1v) is 9.63. The van der Waals surface area contributed by atoms with Gasteiger partial charge in [-0.3, -0.25) is 9.69 Å². The van der Waals surface area contributed by atoms with E-state index in [-0.39, 0.29) is 5.91 Å². The van der Waals surface area contributed by atoms with E-state index in [2.05, 4.69) is 46.3 Å². The molecule has 1 amide bonds. The van der Waals surface area contributed by atoms with Crippen molar-refractivity contribution in [3.05, 3.63) is 64.7 Å². The predicted molar refractivity (Wildman–Crippen MR) is 108 cm³/mol. The van der Waals surface area contributed by atoms with Crippen molar-refractivity contribution < 1.29 is 4.79 Å². The quantitative estimate of drug-likeness (QED) is 0.838. The molecule has 1 aliphatic rings. The number of hydrogen-bond donors (Lipinski definition) is 1. The molecule has 26 heavy (non-hydrogen) atoms. The van der Waals surface area contributed by atoms with Gasteiger partial charge in [0.1, 0.15) is 0 Å². The molecule has 0 aromatic heterocycles. The van der Waals surface area contributed by atoms with E-state index in [1.54, 1.807) is 0 Å². The highest BCUT2D eigenvalue weighted by Crippen LogP contribution is 2.20. The fraction of sp³-hybridized carbons (Fsp3) is 0.381. The van der Waals surface area contributed by atoms with E-state index in [1.165, 1.54) is 11.3 Å². The fourth-order valence-electron chi connectivity index (χ4n) is 3.18. The molecular formula is C21H26ClN3O. The van der Waals surface area contributed by atoms with Crippen molar-refractivity contribution in [3.63, 3.8) is 0 Å². The minimum atomic E-state index is 0.00924. The minimum Gasteiger partial charge on any atom is -0.369 e. The third kappa shape index (κ3) is 4.99. The monoisotopic (exact) mass is 371 g/mol. The summed E-state index contributed by atoms with van der Waals surface area (Å²) < 4.78 is 0. The molecule has 0 unspecified atom stereocenters. The summed E-state index contributed by atoms with van der Waals surface area (Å²) in [5.74, 6) is 0.00924. The fourth-order valence-corrected chi connectivity index (χ4v) is 3.30. The number of anilines is 1. The van der Waals surface area contributed by atoms with Crippen molar-refractivity contribution in [1.29, 1.82) is 0 Å². The molecular weight excluding hydrogens is 346 g/mol. The summed E-state index contributed by atoms with van der Waals surface area (Å²) in [6, 6.07) is 16.0. The van der Waals surface area contributed by atoms with Gasteiger partial charge in [-0.2, -0.15) is 0 Å². The number of nitrogens with one attached hydrogen (secondary N) is 1. The maximum absolute atomic E-state index is 12.0. The molecule has 1 heterocycles. The van der Waals surface area contributed by atoms with E-state index in [4.69, 9.17) is 11.6 Å². The molecule has 5 heteroatoms. The van der Waals surface area contributed by atoms with Gasteiger partial charge in [0, 0.05) is 55.5 Å². The van der Waals surface area contributed by atoms with Gasteiger partial charge in [0.05, 0.1) is 0 Å². The summed E-state index contributed by atoms with van der Waals surface area (Å²) in [6.45, 7) is 7.78. The van der Waals surface area contributed by atoms with Gasteiger partial charge in [0.2, 0.25) is 0 Å². The second-order valence-electron chi connectivity index (χ2n) is 6.69. The lowest BCUT2D eigenvalue weighted by Crippen LogP contribution is -2.45. The average molecular weight is 372 g/mol. The maximum Gasteiger partial charge on any atom is 0.251 e. The zero-order valence-electron chi connectivity index (χ0n) is 15.2. The number of benzene rings is 2. The van der Waals surface area contributed by atoms with Crippen LogP contribution in [-0.4, -0.2) is 43.5 Å². The molecule has 0 atom stereocenters. The van der Waals surface area contributed by atoms with E-state index >= 15 is 0 Å². The van der Waals surface area contributed by atoms with E-state index in [9.17, 15) is 4.79 Å². The summed E-state index contributed by atoms with van der Waals surface area (Å²) in [4.78, 5) is 16.8. The van der Waals surface area contributed by atoms with Crippen LogP contribution < -0.4 is 10.2 Å². The Hall–Kier alpha value is -2.04. The number of rotatable bonds is 6. The second kappa shape index (κ2) is 9.06. The van der Waals surface area contributed by atoms with E-state index in [1.807, 2.05) is 24.3 Å². The molecule has 1 saturated heterocycles. The molecule has 4 nitrogen and oxygen atoms in total. The van der Waals surface area contributed by atoms with Crippen LogP contribution in [0.25, 0.3) is 0 Å². The molecule has 0 aliphatic carbocycles. The van der Waals surface area contributed by atoms with Gasteiger partial charge in [-0.1, -0.05) is 30.7 Å². The Morgan fingerprint density at radius 3 is 2.27 bits per heavy atom. The molecule has 3 rings (SSSR count). The highest BCUT2D eigenvalue weighted by molar-refractivity contribution is 6.30. The van der Waals surface area contributed by atoms with E-state index < -0.39 is 0 Å². The summed E-state index contributed by atoms with van der Waals surface area (Å²) in [6.07, 6.45) is 0.950. The van der Waals surface area contributed by atoms with Crippen LogP contribution >= 0.6 is 11.6 Å². The molecule has 0 spiro atoms. The predicted octanol–water partition coefficient (Wildman–Crippen LogP) is 3.80. The normalized spacial score (nSPS) is 15.1. The SMILES string of the molecule is CCCNC(=O)c1ccc(CN2CCN(c3ccc(Cl)cc3)CC2)cc1. The molecule has 138 valence electrons. The van der Waals surface area contributed by atoms with Crippen LogP contribution in [0.5, 0.6) is 0 Å². The van der Waals surface area contributed by atoms with Gasteiger partial charge in [-0.25, -0.2) is 0 Å². The molecule has 1 N–H and O–H groups in total. The number of carbonyl (C=O) groups is 1. The highest BCUT2D eigenvalue weighted by Gasteiger charge is 2.17. The Kier molecular flexibility index (Phi) is 6.53. The summed E-state index contributed by atoms with van der Waals surface area (Å²) in [5, 5.41) is 3.69. The Labute approximate surface area is 160 Å². The zero-order chi connectivity index (χ0) is 18.4. The number of halogens is 1. The Morgan fingerprint density at radius 1 is 1.00 bits per heavy atom. The van der Waals surface area contributed by atoms with Crippen molar-refractivity contribution in [1.82, 2.24) is 10.2 Å². The second-order valence-corrected chi connectivity index (χ2v) is 7.13. The van der Waals surface area contributed by atoms with Crippen LogP contribution in [0, 0.1) is 0 Å². The molecule has 0 saturated carbocycles. The molecule has 2 aromatic rings. The van der Waals surface area contributed by atoms with Crippen molar-refractivity contribution in [3.8, 4) is 0 Å². The molecule has 1 fully saturated rings. The lowest BCUT2D eigenvalue weighted by atomic mass is 10.1. The standard InChI is InChI=1S/C21H26ClN3O/c1-2-11-23-21(26)18-5-3-17(4-6-18)16-24-12-14-25(15-13-24)20-9-7-19(22)8-10-20/h3-10H,2,11-16H2,1H3,(H,23,26). The minimum absolute atomic E-state index is 0.00924. The van der Waals surface area contributed by atoms with Crippen LogP contribution in [0.3, 0.4) is 0 Å². The molecule has 0 bridgehead atoms. The van der Waals surface area contributed by atoms with E-state index in [0.717, 1.165) is 56.3 Å². The Morgan fingerprint density at radius 2 is 1.65 bits per heavy atom. The lowest BCUT2D eigenvalue weighted by Gasteiger charge is -2.36. The van der Waals surface area contributed by atoms with Crippen LogP contribution in [0.2, 0.25) is 5.02 Å². The van der Waals surface area contributed by atoms with Gasteiger partial charge >= 0.3 is 0 Å². The largest absolute Gasteiger partial charge is 0.369 e. The molecule has 0 radical (unpaired) electrons. The van der Waals surface area contributed by atoms with Crippen LogP contribution in [0.1, 0.15) is 29.3 Å². The number of nitrogens with zero attached hydrogens (tertiary/aromatic N) is 2. The molecule has 2 aromatic carbocycles. The number of piperazine rings is 1. The first-order chi connectivity index (χ1) is 12.7. The summed E-state index contributed by atoms with van der Waals surface area (Å²) >= 11 is 5.97. The number of hydrogen-bond acceptors (Lipinski definition) is 3. The highest BCUT2D eigenvalue weighted by atomic mass is 35.5. The summed E-state index contributed by atoms with van der Waals surface area (Å²) in [5.41, 5.74) is 3.21. The van der Waals surface area contributed by atoms with Crippen LogP contribution in [0.15, 0.2) is 48.5 Å². The van der Waals surface area contributed by atoms with Crippen molar-refractivity contribution in [2.75, 3.05) is 37.6 Å². The van der Waals surface area contributed by atoms with Crippen LogP contribution in [-0.2, 0) is 6.54 Å². The summed E-state index contributed by atoms with van der Waals surface area (Å²) in [7, 11) is 0. The topological polar surface area (TPSA) is 35.6 Å². The zero-order valence-corrected chi connectivity index (χ0v) is 16.0. The van der Waals surface area contributed by atoms with Crippen molar-refractivity contribution in [2.45, 2.75) is 19.9 Å². The van der Waals surface area contributed by atoms with Gasteiger partial charge in [0.15, 0.2) is 0 Å². The Balaban J connectivity index is 1.50. The van der Waals surface area contributed by atoms with Gasteiger partial charge in [-0.15, -0.1) is 0 Å². The van der Waals surface area contributed by atoms with E-state index in [0.29, 0.717) is 0 Å². The van der Waals surface area contributed by atoms with Gasteiger partial charge in [0.25, 0.3) is 5.91 Å². The molecule has 1 aliphatic heterocycles. The van der Waals surface area contributed by atoms with Gasteiger partial charge < -0.3 is 10.2 Å². The van der Waals surface area contributed by atoms with Gasteiger partial charge in [-0.05, 0) is 48.4 Å². The van der Waals surface area contributed by atoms with Crippen molar-refractivity contribution in [2.24, 2.45) is 0 Å². The maximum atomic E-state index is 12.0. The lowest BCUT2D eigenvalue weighted by molar-refractivity contribution is 0.0953. The third-order valence-corrected chi connectivity index (χ3v) is 4.97. The van der Waals surface area contributed by atoms with Crippen LogP contribution in [0.4, 0.5) is 5.69 Å². The first kappa shape index (κ1) is 18.7. The smallest absolute Gasteiger partial charge is 0.251 e. The Bertz CT molecular complexity index is 707. The van der Waals surface area contributed by atoms with Crippen molar-refractivity contribution >= 4 is 23.2 Å². The number of carbonyl (C=O) groups excluding carboxylic acids is 1. The first-order valence-electron chi connectivity index (χ1n) is 9.25. The third-order valence-electron chi connectivity index (χ3n) is 4.72.